The molecule has 0 radical (unpaired) electrons. The first kappa shape index (κ1) is 18.4. The quantitative estimate of drug-likeness (QED) is 0.438. The normalized spacial score (nSPS) is 25.0. The second-order valence-corrected chi connectivity index (χ2v) is 6.18. The summed E-state index contributed by atoms with van der Waals surface area (Å²) in [6, 6.07) is 0. The minimum absolute atomic E-state index is 0.0537. The number of nitrogens with one attached hydrogen (secondary N) is 1. The van der Waals surface area contributed by atoms with Crippen LogP contribution in [0.15, 0.2) is 23.5 Å². The monoisotopic (exact) mass is 337 g/mol. The number of carbonyl (C=O) groups is 2. The molecule has 134 valence electrons. The Kier molecular flexibility index (Phi) is 6.70. The van der Waals surface area contributed by atoms with Crippen LogP contribution in [0.25, 0.3) is 0 Å². The van der Waals surface area contributed by atoms with Crippen molar-refractivity contribution in [3.8, 4) is 0 Å². The summed E-state index contributed by atoms with van der Waals surface area (Å²) < 4.78 is 15.8. The largest absolute Gasteiger partial charge is 0.466 e. The lowest BCUT2D eigenvalue weighted by molar-refractivity contribution is -0.141. The van der Waals surface area contributed by atoms with Crippen molar-refractivity contribution in [3.63, 3.8) is 0 Å². The van der Waals surface area contributed by atoms with E-state index in [0.29, 0.717) is 5.57 Å². The van der Waals surface area contributed by atoms with Gasteiger partial charge in [-0.1, -0.05) is 37.8 Å². The van der Waals surface area contributed by atoms with Crippen molar-refractivity contribution in [2.75, 3.05) is 14.2 Å². The van der Waals surface area contributed by atoms with Gasteiger partial charge in [-0.25, -0.2) is 9.59 Å². The van der Waals surface area contributed by atoms with Gasteiger partial charge in [-0.2, -0.15) is 0 Å². The number of rotatable bonds is 7. The second-order valence-electron chi connectivity index (χ2n) is 6.18. The highest BCUT2D eigenvalue weighted by molar-refractivity contribution is 5.89. The molecule has 0 bridgehead atoms. The number of hydrogen-bond acceptors (Lipinski definition) is 5. The standard InChI is InChI=1S/C18H27NO5/c1-4-5-6-7-8-12-9-10-13-14(16(20)22-3)11-23-17(15(12)13)24-18(21)19-2/h9,11,13,15,17H,4-8,10H2,1-3H3,(H,19,21). The van der Waals surface area contributed by atoms with Gasteiger partial charge in [0.05, 0.1) is 24.9 Å². The number of alkyl carbamates (subject to hydrolysis) is 1. The van der Waals surface area contributed by atoms with E-state index in [1.54, 1.807) is 0 Å². The van der Waals surface area contributed by atoms with Crippen molar-refractivity contribution in [2.24, 2.45) is 11.8 Å². The number of fused-ring (bicyclic) bond motifs is 1. The molecule has 1 aliphatic carbocycles. The fraction of sp³-hybridized carbons (Fsp3) is 0.667. The van der Waals surface area contributed by atoms with Crippen molar-refractivity contribution in [2.45, 2.75) is 51.7 Å². The molecule has 3 atom stereocenters. The second kappa shape index (κ2) is 8.76. The number of amides is 1. The third-order valence-corrected chi connectivity index (χ3v) is 4.68. The minimum atomic E-state index is -0.705. The Hall–Kier alpha value is -1.98. The molecule has 2 aliphatic rings. The lowest BCUT2D eigenvalue weighted by Gasteiger charge is -2.34. The van der Waals surface area contributed by atoms with Crippen LogP contribution in [-0.2, 0) is 19.0 Å². The summed E-state index contributed by atoms with van der Waals surface area (Å²) in [6.45, 7) is 2.18. The van der Waals surface area contributed by atoms with Crippen LogP contribution >= 0.6 is 0 Å². The van der Waals surface area contributed by atoms with Gasteiger partial charge in [-0.05, 0) is 19.3 Å². The number of hydrogen-bond donors (Lipinski definition) is 1. The van der Waals surface area contributed by atoms with E-state index in [2.05, 4.69) is 18.3 Å². The van der Waals surface area contributed by atoms with Crippen LogP contribution in [0.4, 0.5) is 4.79 Å². The van der Waals surface area contributed by atoms with Crippen molar-refractivity contribution in [3.05, 3.63) is 23.5 Å². The van der Waals surface area contributed by atoms with Crippen LogP contribution in [0.1, 0.15) is 45.4 Å². The highest BCUT2D eigenvalue weighted by Gasteiger charge is 2.45. The van der Waals surface area contributed by atoms with Gasteiger partial charge >= 0.3 is 12.1 Å². The Morgan fingerprint density at radius 3 is 2.79 bits per heavy atom. The lowest BCUT2D eigenvalue weighted by atomic mass is 9.82. The highest BCUT2D eigenvalue weighted by atomic mass is 16.7. The average molecular weight is 337 g/mol. The number of methoxy groups -OCH3 is 1. The molecule has 2 rings (SSSR count). The van der Waals surface area contributed by atoms with Gasteiger partial charge in [-0.15, -0.1) is 0 Å². The summed E-state index contributed by atoms with van der Waals surface area (Å²) in [7, 11) is 2.87. The molecule has 24 heavy (non-hydrogen) atoms. The van der Waals surface area contributed by atoms with Gasteiger partial charge in [0.2, 0.25) is 0 Å². The molecule has 1 N–H and O–H groups in total. The van der Waals surface area contributed by atoms with Crippen LogP contribution in [0.5, 0.6) is 0 Å². The van der Waals surface area contributed by atoms with Crippen molar-refractivity contribution in [1.29, 1.82) is 0 Å². The van der Waals surface area contributed by atoms with Gasteiger partial charge in [0, 0.05) is 13.0 Å². The maximum atomic E-state index is 12.0. The third kappa shape index (κ3) is 4.10. The van der Waals surface area contributed by atoms with Crippen LogP contribution < -0.4 is 5.32 Å². The van der Waals surface area contributed by atoms with Crippen LogP contribution in [0, 0.1) is 11.8 Å². The van der Waals surface area contributed by atoms with Crippen LogP contribution in [0.3, 0.4) is 0 Å². The van der Waals surface area contributed by atoms with E-state index >= 15 is 0 Å². The Morgan fingerprint density at radius 1 is 1.33 bits per heavy atom. The van der Waals surface area contributed by atoms with Crippen molar-refractivity contribution in [1.82, 2.24) is 5.32 Å². The van der Waals surface area contributed by atoms with Gasteiger partial charge in [0.25, 0.3) is 6.29 Å². The van der Waals surface area contributed by atoms with E-state index in [9.17, 15) is 9.59 Å². The number of allylic oxidation sites excluding steroid dienone is 1. The SMILES string of the molecule is CCCCCCC1=CCC2C(C(=O)OC)=COC(OC(=O)NC)C12. The Bertz CT molecular complexity index is 526. The van der Waals surface area contributed by atoms with E-state index in [4.69, 9.17) is 14.2 Å². The number of carbonyl (C=O) groups excluding carboxylic acids is 2. The number of ether oxygens (including phenoxy) is 3. The molecule has 1 aliphatic heterocycles. The molecule has 0 spiro atoms. The molecule has 0 aromatic heterocycles. The first-order valence-corrected chi connectivity index (χ1v) is 8.63. The maximum Gasteiger partial charge on any atom is 0.409 e. The molecule has 1 heterocycles. The third-order valence-electron chi connectivity index (χ3n) is 4.68. The number of esters is 1. The zero-order valence-electron chi connectivity index (χ0n) is 14.7. The molecule has 1 amide bonds. The van der Waals surface area contributed by atoms with Gasteiger partial charge < -0.3 is 19.5 Å². The molecular formula is C18H27NO5. The van der Waals surface area contributed by atoms with E-state index in [1.165, 1.54) is 45.3 Å². The minimum Gasteiger partial charge on any atom is -0.466 e. The Balaban J connectivity index is 2.12. The molecule has 0 aromatic rings. The predicted octanol–water partition coefficient (Wildman–Crippen LogP) is 3.29. The topological polar surface area (TPSA) is 73.9 Å². The van der Waals surface area contributed by atoms with Crippen LogP contribution in [-0.4, -0.2) is 32.5 Å². The molecule has 3 unspecified atom stereocenters. The fourth-order valence-corrected chi connectivity index (χ4v) is 3.42. The number of unbranched alkanes of at least 4 members (excludes halogenated alkanes) is 3. The first-order valence-electron chi connectivity index (χ1n) is 8.63. The van der Waals surface area contributed by atoms with E-state index in [-0.39, 0.29) is 17.8 Å². The van der Waals surface area contributed by atoms with Gasteiger partial charge in [-0.3, -0.25) is 0 Å². The average Bonchev–Trinajstić information content (AvgIpc) is 3.02. The smallest absolute Gasteiger partial charge is 0.409 e. The summed E-state index contributed by atoms with van der Waals surface area (Å²) in [4.78, 5) is 23.6. The lowest BCUT2D eigenvalue weighted by Crippen LogP contribution is -2.39. The molecule has 0 saturated heterocycles. The molecule has 6 nitrogen and oxygen atoms in total. The Labute approximate surface area is 143 Å². The summed E-state index contributed by atoms with van der Waals surface area (Å²) in [6.07, 6.45) is 8.64. The zero-order valence-corrected chi connectivity index (χ0v) is 14.7. The summed E-state index contributed by atoms with van der Waals surface area (Å²) >= 11 is 0. The van der Waals surface area contributed by atoms with E-state index < -0.39 is 12.4 Å². The molecule has 0 saturated carbocycles. The summed E-state index contributed by atoms with van der Waals surface area (Å²) in [5.74, 6) is -0.561. The predicted molar refractivity (Wildman–Crippen MR) is 89.0 cm³/mol. The molecular weight excluding hydrogens is 310 g/mol. The summed E-state index contributed by atoms with van der Waals surface area (Å²) in [5, 5.41) is 2.44. The highest BCUT2D eigenvalue weighted by Crippen LogP contribution is 2.45. The Morgan fingerprint density at radius 2 is 2.12 bits per heavy atom. The molecule has 0 aromatic carbocycles. The molecule has 6 heteroatoms. The first-order chi connectivity index (χ1) is 11.6. The molecule has 0 fully saturated rings. The van der Waals surface area contributed by atoms with E-state index in [1.807, 2.05) is 0 Å². The fourth-order valence-electron chi connectivity index (χ4n) is 3.42. The van der Waals surface area contributed by atoms with Gasteiger partial charge in [0.1, 0.15) is 0 Å². The van der Waals surface area contributed by atoms with E-state index in [0.717, 1.165) is 19.3 Å². The van der Waals surface area contributed by atoms with Crippen molar-refractivity contribution >= 4 is 12.1 Å². The summed E-state index contributed by atoms with van der Waals surface area (Å²) in [5.41, 5.74) is 1.72. The zero-order chi connectivity index (χ0) is 17.5. The van der Waals surface area contributed by atoms with Crippen molar-refractivity contribution < 1.29 is 23.8 Å². The maximum absolute atomic E-state index is 12.0. The van der Waals surface area contributed by atoms with Gasteiger partial charge in [0.15, 0.2) is 0 Å². The van der Waals surface area contributed by atoms with Crippen LogP contribution in [0.2, 0.25) is 0 Å².